The molecule has 1 aromatic heterocycles. The molecule has 0 bridgehead atoms. The maximum atomic E-state index is 12.3. The number of carbonyl (C=O) groups is 1. The summed E-state index contributed by atoms with van der Waals surface area (Å²) in [5.41, 5.74) is 3.55. The molecule has 0 unspecified atom stereocenters. The number of benzene rings is 1. The summed E-state index contributed by atoms with van der Waals surface area (Å²) < 4.78 is 0. The predicted molar refractivity (Wildman–Crippen MR) is 92.6 cm³/mol. The number of fused-ring (bicyclic) bond motifs is 1. The van der Waals surface area contributed by atoms with Crippen LogP contribution < -0.4 is 4.90 Å². The number of nitrogens with zero attached hydrogens (tertiary/aromatic N) is 3. The van der Waals surface area contributed by atoms with Gasteiger partial charge in [-0.1, -0.05) is 18.2 Å². The standard InChI is InChI=1S/C19H23N3O/c1-14-4-2-5-16-17(8-9-20-18(14)16)21-10-3-11-22(13-12-21)19(23)15-6-7-15/h2,4-5,8-9,15H,3,6-7,10-13H2,1H3. The van der Waals surface area contributed by atoms with Gasteiger partial charge in [-0.25, -0.2) is 0 Å². The lowest BCUT2D eigenvalue weighted by atomic mass is 10.1. The second kappa shape index (κ2) is 5.84. The molecule has 2 aliphatic rings. The zero-order chi connectivity index (χ0) is 15.8. The number of rotatable bonds is 2. The van der Waals surface area contributed by atoms with E-state index in [1.807, 2.05) is 6.20 Å². The Kier molecular flexibility index (Phi) is 3.68. The number of pyridine rings is 1. The molecule has 0 N–H and O–H groups in total. The van der Waals surface area contributed by atoms with Crippen LogP contribution in [0.25, 0.3) is 10.9 Å². The van der Waals surface area contributed by atoms with Crippen LogP contribution in [0.2, 0.25) is 0 Å². The molecule has 1 aliphatic heterocycles. The van der Waals surface area contributed by atoms with Crippen LogP contribution in [-0.4, -0.2) is 42.0 Å². The Labute approximate surface area is 137 Å². The number of hydrogen-bond donors (Lipinski definition) is 0. The van der Waals surface area contributed by atoms with E-state index in [4.69, 9.17) is 0 Å². The van der Waals surface area contributed by atoms with E-state index in [1.54, 1.807) is 0 Å². The first kappa shape index (κ1) is 14.5. The van der Waals surface area contributed by atoms with Crippen LogP contribution in [0.5, 0.6) is 0 Å². The van der Waals surface area contributed by atoms with Crippen molar-refractivity contribution < 1.29 is 4.79 Å². The van der Waals surface area contributed by atoms with E-state index < -0.39 is 0 Å². The van der Waals surface area contributed by atoms with Gasteiger partial charge in [-0.05, 0) is 37.8 Å². The number of amides is 1. The Hall–Kier alpha value is -2.10. The van der Waals surface area contributed by atoms with Crippen LogP contribution in [-0.2, 0) is 4.79 Å². The van der Waals surface area contributed by atoms with Crippen molar-refractivity contribution in [3.05, 3.63) is 36.0 Å². The molecule has 2 heterocycles. The van der Waals surface area contributed by atoms with Crippen LogP contribution in [0, 0.1) is 12.8 Å². The van der Waals surface area contributed by atoms with Crippen LogP contribution >= 0.6 is 0 Å². The fourth-order valence-electron chi connectivity index (χ4n) is 3.55. The van der Waals surface area contributed by atoms with E-state index >= 15 is 0 Å². The third kappa shape index (κ3) is 2.78. The predicted octanol–water partition coefficient (Wildman–Crippen LogP) is 2.99. The molecule has 0 radical (unpaired) electrons. The fourth-order valence-corrected chi connectivity index (χ4v) is 3.55. The van der Waals surface area contributed by atoms with Crippen molar-refractivity contribution in [2.24, 2.45) is 5.92 Å². The van der Waals surface area contributed by atoms with Crippen molar-refractivity contribution in [1.82, 2.24) is 9.88 Å². The zero-order valence-corrected chi connectivity index (χ0v) is 13.7. The van der Waals surface area contributed by atoms with Crippen molar-refractivity contribution in [2.45, 2.75) is 26.2 Å². The van der Waals surface area contributed by atoms with Gasteiger partial charge in [0, 0.05) is 49.4 Å². The molecular weight excluding hydrogens is 286 g/mol. The summed E-state index contributed by atoms with van der Waals surface area (Å²) in [7, 11) is 0. The fraction of sp³-hybridized carbons (Fsp3) is 0.474. The normalized spacial score (nSPS) is 19.0. The van der Waals surface area contributed by atoms with E-state index in [9.17, 15) is 4.79 Å². The highest BCUT2D eigenvalue weighted by Gasteiger charge is 2.34. The van der Waals surface area contributed by atoms with E-state index in [1.165, 1.54) is 16.6 Å². The SMILES string of the molecule is Cc1cccc2c(N3CCCN(C(=O)C4CC4)CC3)ccnc12. The summed E-state index contributed by atoms with van der Waals surface area (Å²) in [5, 5.41) is 1.22. The van der Waals surface area contributed by atoms with Gasteiger partial charge < -0.3 is 9.80 Å². The highest BCUT2D eigenvalue weighted by atomic mass is 16.2. The quantitative estimate of drug-likeness (QED) is 0.855. The number of anilines is 1. The van der Waals surface area contributed by atoms with Gasteiger partial charge in [0.1, 0.15) is 0 Å². The second-order valence-corrected chi connectivity index (χ2v) is 6.74. The average molecular weight is 309 g/mol. The molecule has 120 valence electrons. The lowest BCUT2D eigenvalue weighted by Crippen LogP contribution is -2.36. The van der Waals surface area contributed by atoms with E-state index in [0.29, 0.717) is 11.8 Å². The molecule has 1 aromatic carbocycles. The Morgan fingerprint density at radius 1 is 1.13 bits per heavy atom. The smallest absolute Gasteiger partial charge is 0.225 e. The van der Waals surface area contributed by atoms with E-state index in [0.717, 1.165) is 51.0 Å². The van der Waals surface area contributed by atoms with Gasteiger partial charge in [-0.2, -0.15) is 0 Å². The molecule has 4 heteroatoms. The molecule has 0 atom stereocenters. The minimum atomic E-state index is 0.325. The number of aryl methyl sites for hydroxylation is 1. The molecule has 0 spiro atoms. The molecular formula is C19H23N3O. The largest absolute Gasteiger partial charge is 0.369 e. The molecule has 4 nitrogen and oxygen atoms in total. The van der Waals surface area contributed by atoms with Crippen LogP contribution in [0.4, 0.5) is 5.69 Å². The molecule has 2 aromatic rings. The molecule has 1 amide bonds. The number of carbonyl (C=O) groups excluding carboxylic acids is 1. The average Bonchev–Trinajstić information content (AvgIpc) is 3.41. The van der Waals surface area contributed by atoms with E-state index in [-0.39, 0.29) is 0 Å². The Balaban J connectivity index is 1.59. The number of aromatic nitrogens is 1. The molecule has 1 saturated heterocycles. The van der Waals surface area contributed by atoms with Gasteiger partial charge in [-0.3, -0.25) is 9.78 Å². The Morgan fingerprint density at radius 2 is 2.00 bits per heavy atom. The first-order valence-electron chi connectivity index (χ1n) is 8.62. The van der Waals surface area contributed by atoms with Crippen molar-refractivity contribution in [3.63, 3.8) is 0 Å². The van der Waals surface area contributed by atoms with Crippen LogP contribution in [0.15, 0.2) is 30.5 Å². The third-order valence-corrected chi connectivity index (χ3v) is 5.02. The summed E-state index contributed by atoms with van der Waals surface area (Å²) in [6.45, 7) is 5.75. The Bertz CT molecular complexity index is 738. The first-order chi connectivity index (χ1) is 11.2. The molecule has 1 aliphatic carbocycles. The lowest BCUT2D eigenvalue weighted by molar-refractivity contribution is -0.132. The first-order valence-corrected chi connectivity index (χ1v) is 8.62. The summed E-state index contributed by atoms with van der Waals surface area (Å²) in [5.74, 6) is 0.702. The summed E-state index contributed by atoms with van der Waals surface area (Å²) >= 11 is 0. The highest BCUT2D eigenvalue weighted by molar-refractivity contribution is 5.93. The van der Waals surface area contributed by atoms with Crippen molar-refractivity contribution in [2.75, 3.05) is 31.1 Å². The topological polar surface area (TPSA) is 36.4 Å². The Morgan fingerprint density at radius 3 is 2.83 bits per heavy atom. The van der Waals surface area contributed by atoms with E-state index in [2.05, 4.69) is 46.0 Å². The number of para-hydroxylation sites is 1. The third-order valence-electron chi connectivity index (χ3n) is 5.02. The molecule has 2 fully saturated rings. The van der Waals surface area contributed by atoms with Gasteiger partial charge in [0.25, 0.3) is 0 Å². The maximum Gasteiger partial charge on any atom is 0.225 e. The van der Waals surface area contributed by atoms with Crippen LogP contribution in [0.1, 0.15) is 24.8 Å². The highest BCUT2D eigenvalue weighted by Crippen LogP contribution is 2.32. The van der Waals surface area contributed by atoms with Gasteiger partial charge in [0.2, 0.25) is 5.91 Å². The van der Waals surface area contributed by atoms with Gasteiger partial charge in [0.05, 0.1) is 5.52 Å². The van der Waals surface area contributed by atoms with Gasteiger partial charge in [-0.15, -0.1) is 0 Å². The van der Waals surface area contributed by atoms with Crippen molar-refractivity contribution in [1.29, 1.82) is 0 Å². The van der Waals surface area contributed by atoms with Crippen molar-refractivity contribution >= 4 is 22.5 Å². The van der Waals surface area contributed by atoms with Crippen LogP contribution in [0.3, 0.4) is 0 Å². The van der Waals surface area contributed by atoms with Gasteiger partial charge >= 0.3 is 0 Å². The molecule has 1 saturated carbocycles. The summed E-state index contributed by atoms with van der Waals surface area (Å²) in [6.07, 6.45) is 5.12. The minimum absolute atomic E-state index is 0.325. The maximum absolute atomic E-state index is 12.3. The zero-order valence-electron chi connectivity index (χ0n) is 13.7. The molecule has 4 rings (SSSR count). The minimum Gasteiger partial charge on any atom is -0.369 e. The molecule has 23 heavy (non-hydrogen) atoms. The second-order valence-electron chi connectivity index (χ2n) is 6.74. The monoisotopic (exact) mass is 309 g/mol. The summed E-state index contributed by atoms with van der Waals surface area (Å²) in [4.78, 5) is 21.3. The lowest BCUT2D eigenvalue weighted by Gasteiger charge is -2.25. The van der Waals surface area contributed by atoms with Gasteiger partial charge in [0.15, 0.2) is 0 Å². The van der Waals surface area contributed by atoms with Crippen molar-refractivity contribution in [3.8, 4) is 0 Å². The summed E-state index contributed by atoms with van der Waals surface area (Å²) in [6, 6.07) is 8.48. The number of hydrogen-bond acceptors (Lipinski definition) is 3.